The predicted octanol–water partition coefficient (Wildman–Crippen LogP) is 2.30. The van der Waals surface area contributed by atoms with Crippen LogP contribution in [0.1, 0.15) is 24.8 Å². The molecule has 3 rings (SSSR count). The van der Waals surface area contributed by atoms with Gasteiger partial charge in [-0.1, -0.05) is 12.1 Å². The summed E-state index contributed by atoms with van der Waals surface area (Å²) in [5.41, 5.74) is 6.88. The van der Waals surface area contributed by atoms with Crippen molar-refractivity contribution in [3.8, 4) is 5.75 Å². The van der Waals surface area contributed by atoms with Crippen LogP contribution >= 0.6 is 0 Å². The van der Waals surface area contributed by atoms with Crippen LogP contribution in [0.2, 0.25) is 0 Å². The fraction of sp³-hybridized carbons (Fsp3) is 0.647. The highest BCUT2D eigenvalue weighted by molar-refractivity contribution is 5.28. The van der Waals surface area contributed by atoms with Gasteiger partial charge in [0.2, 0.25) is 0 Å². The zero-order valence-electron chi connectivity index (χ0n) is 12.6. The van der Waals surface area contributed by atoms with Gasteiger partial charge >= 0.3 is 0 Å². The molecule has 0 heterocycles. The molecule has 0 saturated heterocycles. The summed E-state index contributed by atoms with van der Waals surface area (Å²) in [5.74, 6) is 2.59. The summed E-state index contributed by atoms with van der Waals surface area (Å²) in [5, 5.41) is 0. The Balaban J connectivity index is 1.70. The first-order chi connectivity index (χ1) is 9.69. The number of benzene rings is 1. The van der Waals surface area contributed by atoms with Crippen molar-refractivity contribution in [2.75, 3.05) is 20.6 Å². The molecule has 0 aromatic heterocycles. The van der Waals surface area contributed by atoms with Crippen molar-refractivity contribution in [1.29, 1.82) is 0 Å². The Morgan fingerprint density at radius 2 is 1.85 bits per heavy atom. The van der Waals surface area contributed by atoms with Crippen LogP contribution in [0.3, 0.4) is 0 Å². The highest BCUT2D eigenvalue weighted by Crippen LogP contribution is 2.47. The molecule has 1 aromatic carbocycles. The Hall–Kier alpha value is -1.06. The van der Waals surface area contributed by atoms with Crippen LogP contribution in [0.4, 0.5) is 0 Å². The van der Waals surface area contributed by atoms with Gasteiger partial charge in [0.05, 0.1) is 0 Å². The Bertz CT molecular complexity index is 443. The van der Waals surface area contributed by atoms with E-state index in [1.54, 1.807) is 0 Å². The monoisotopic (exact) mass is 274 g/mol. The van der Waals surface area contributed by atoms with Crippen molar-refractivity contribution < 1.29 is 4.74 Å². The molecular weight excluding hydrogens is 248 g/mol. The first-order valence-corrected chi connectivity index (χ1v) is 7.81. The van der Waals surface area contributed by atoms with E-state index in [9.17, 15) is 0 Å². The van der Waals surface area contributed by atoms with Gasteiger partial charge in [0.1, 0.15) is 11.9 Å². The fourth-order valence-corrected chi connectivity index (χ4v) is 4.15. The molecule has 3 heteroatoms. The average molecular weight is 274 g/mol. The van der Waals surface area contributed by atoms with E-state index in [0.717, 1.165) is 24.0 Å². The third-order valence-electron chi connectivity index (χ3n) is 5.02. The zero-order chi connectivity index (χ0) is 14.1. The molecule has 4 atom stereocenters. The zero-order valence-corrected chi connectivity index (χ0v) is 12.6. The molecule has 2 saturated carbocycles. The summed E-state index contributed by atoms with van der Waals surface area (Å²) in [6.45, 7) is 0.704. The number of fused-ring (bicyclic) bond motifs is 2. The van der Waals surface area contributed by atoms with Crippen molar-refractivity contribution in [3.05, 3.63) is 29.8 Å². The summed E-state index contributed by atoms with van der Waals surface area (Å²) in [4.78, 5) is 2.36. The molecular formula is C17H26N2O. The van der Waals surface area contributed by atoms with Gasteiger partial charge in [0, 0.05) is 6.04 Å². The number of ether oxygens (including phenoxy) is 1. The van der Waals surface area contributed by atoms with Crippen LogP contribution in [-0.4, -0.2) is 37.7 Å². The molecule has 2 N–H and O–H groups in total. The van der Waals surface area contributed by atoms with Gasteiger partial charge in [-0.05, 0) is 75.9 Å². The second-order valence-electron chi connectivity index (χ2n) is 6.55. The minimum absolute atomic E-state index is 0.365. The summed E-state index contributed by atoms with van der Waals surface area (Å²) in [6, 6.07) is 9.06. The maximum absolute atomic E-state index is 6.34. The largest absolute Gasteiger partial charge is 0.489 e. The van der Waals surface area contributed by atoms with E-state index >= 15 is 0 Å². The van der Waals surface area contributed by atoms with Gasteiger partial charge < -0.3 is 15.4 Å². The van der Waals surface area contributed by atoms with Gasteiger partial charge in [-0.2, -0.15) is 0 Å². The quantitative estimate of drug-likeness (QED) is 0.895. The summed E-state index contributed by atoms with van der Waals surface area (Å²) in [6.07, 6.45) is 5.37. The van der Waals surface area contributed by atoms with Crippen LogP contribution in [0.5, 0.6) is 5.75 Å². The summed E-state index contributed by atoms with van der Waals surface area (Å²) >= 11 is 0. The maximum Gasteiger partial charge on any atom is 0.119 e. The highest BCUT2D eigenvalue weighted by atomic mass is 16.5. The number of nitrogens with two attached hydrogens (primary N) is 1. The highest BCUT2D eigenvalue weighted by Gasteiger charge is 2.49. The smallest absolute Gasteiger partial charge is 0.119 e. The third-order valence-corrected chi connectivity index (χ3v) is 5.02. The van der Waals surface area contributed by atoms with E-state index in [-0.39, 0.29) is 0 Å². The topological polar surface area (TPSA) is 38.5 Å². The predicted molar refractivity (Wildman–Crippen MR) is 81.9 cm³/mol. The Morgan fingerprint density at radius 1 is 1.15 bits per heavy atom. The van der Waals surface area contributed by atoms with Crippen LogP contribution in [0, 0.1) is 11.8 Å². The van der Waals surface area contributed by atoms with E-state index < -0.39 is 0 Å². The Morgan fingerprint density at radius 3 is 2.50 bits per heavy atom. The van der Waals surface area contributed by atoms with Gasteiger partial charge in [-0.25, -0.2) is 0 Å². The molecule has 0 radical (unpaired) electrons. The first-order valence-electron chi connectivity index (χ1n) is 7.81. The lowest BCUT2D eigenvalue weighted by molar-refractivity contribution is 0.0537. The molecule has 3 nitrogen and oxygen atoms in total. The lowest BCUT2D eigenvalue weighted by atomic mass is 9.91. The Labute approximate surface area is 122 Å². The van der Waals surface area contributed by atoms with Gasteiger partial charge in [0.15, 0.2) is 0 Å². The van der Waals surface area contributed by atoms with E-state index in [0.29, 0.717) is 18.7 Å². The molecule has 20 heavy (non-hydrogen) atoms. The number of likely N-dealkylation sites (N-methyl/N-ethyl adjacent to an activating group) is 1. The molecule has 2 aliphatic carbocycles. The van der Waals surface area contributed by atoms with Crippen molar-refractivity contribution in [2.24, 2.45) is 17.6 Å². The molecule has 2 fully saturated rings. The van der Waals surface area contributed by atoms with Crippen molar-refractivity contribution >= 4 is 0 Å². The van der Waals surface area contributed by atoms with Gasteiger partial charge in [-0.15, -0.1) is 0 Å². The van der Waals surface area contributed by atoms with E-state index in [2.05, 4.69) is 43.3 Å². The minimum Gasteiger partial charge on any atom is -0.489 e. The average Bonchev–Trinajstić information content (AvgIpc) is 3.02. The maximum atomic E-state index is 6.34. The number of hydrogen-bond donors (Lipinski definition) is 1. The molecule has 0 amide bonds. The lowest BCUT2D eigenvalue weighted by Gasteiger charge is -2.35. The molecule has 110 valence electrons. The van der Waals surface area contributed by atoms with E-state index in [4.69, 9.17) is 10.5 Å². The fourth-order valence-electron chi connectivity index (χ4n) is 4.15. The molecule has 2 aliphatic rings. The van der Waals surface area contributed by atoms with Gasteiger partial charge in [0.25, 0.3) is 0 Å². The third kappa shape index (κ3) is 2.57. The van der Waals surface area contributed by atoms with Crippen molar-refractivity contribution in [2.45, 2.75) is 37.8 Å². The second-order valence-corrected chi connectivity index (χ2v) is 6.55. The number of nitrogens with zero attached hydrogens (tertiary/aromatic N) is 1. The van der Waals surface area contributed by atoms with Crippen LogP contribution in [0.25, 0.3) is 0 Å². The number of hydrogen-bond acceptors (Lipinski definition) is 3. The molecule has 0 aliphatic heterocycles. The number of rotatable bonds is 5. The van der Waals surface area contributed by atoms with Crippen molar-refractivity contribution in [3.63, 3.8) is 0 Å². The minimum atomic E-state index is 0.365. The lowest BCUT2D eigenvalue weighted by Crippen LogP contribution is -2.46. The molecule has 1 aromatic rings. The second kappa shape index (κ2) is 5.74. The van der Waals surface area contributed by atoms with Crippen LogP contribution in [-0.2, 0) is 6.42 Å². The van der Waals surface area contributed by atoms with Crippen LogP contribution < -0.4 is 10.5 Å². The molecule has 2 bridgehead atoms. The first kappa shape index (κ1) is 13.9. The van der Waals surface area contributed by atoms with Crippen molar-refractivity contribution in [1.82, 2.24) is 4.90 Å². The van der Waals surface area contributed by atoms with Crippen LogP contribution in [0.15, 0.2) is 24.3 Å². The SMILES string of the molecule is CN(C)C1C2CCC(C2)C1Oc1ccc(CCN)cc1. The van der Waals surface area contributed by atoms with E-state index in [1.165, 1.54) is 24.8 Å². The standard InChI is InChI=1S/C17H26N2O/c1-19(2)16-13-5-6-14(11-13)17(16)20-15-7-3-12(4-8-15)9-10-18/h3-4,7-8,13-14,16-17H,5-6,9-11,18H2,1-2H3. The summed E-state index contributed by atoms with van der Waals surface area (Å²) in [7, 11) is 4.37. The Kier molecular flexibility index (Phi) is 3.99. The molecule has 4 unspecified atom stereocenters. The normalized spacial score (nSPS) is 32.0. The van der Waals surface area contributed by atoms with Gasteiger partial charge in [-0.3, -0.25) is 0 Å². The molecule has 0 spiro atoms. The summed E-state index contributed by atoms with van der Waals surface area (Å²) < 4.78 is 6.34. The van der Waals surface area contributed by atoms with E-state index in [1.807, 2.05) is 0 Å².